The molecule has 0 aliphatic carbocycles. The highest BCUT2D eigenvalue weighted by Gasteiger charge is 2.38. The minimum Gasteiger partial charge on any atom is -0.491 e. The maximum atomic E-state index is 13.2. The highest BCUT2D eigenvalue weighted by atomic mass is 35.5. The number of imide groups is 1. The minimum atomic E-state index is -0.355. The molecule has 0 bridgehead atoms. The number of halogens is 1. The minimum absolute atomic E-state index is 0.0651. The van der Waals surface area contributed by atoms with Gasteiger partial charge in [-0.3, -0.25) is 14.5 Å². The van der Waals surface area contributed by atoms with Crippen LogP contribution in [0.1, 0.15) is 39.7 Å². The van der Waals surface area contributed by atoms with E-state index in [1.54, 1.807) is 24.3 Å². The number of nitrogens with zero attached hydrogens (tertiary/aromatic N) is 1. The average Bonchev–Trinajstić information content (AvgIpc) is 2.96. The highest BCUT2D eigenvalue weighted by molar-refractivity contribution is 6.36. The van der Waals surface area contributed by atoms with Crippen LogP contribution >= 0.6 is 11.6 Å². The number of hydrogen-bond donors (Lipinski definition) is 1. The molecule has 32 heavy (non-hydrogen) atoms. The lowest BCUT2D eigenvalue weighted by atomic mass is 10.0. The summed E-state index contributed by atoms with van der Waals surface area (Å²) in [4.78, 5) is 27.7. The van der Waals surface area contributed by atoms with Gasteiger partial charge in [-0.2, -0.15) is 0 Å². The summed E-state index contributed by atoms with van der Waals surface area (Å²) in [5.74, 6) is 0.0502. The predicted molar refractivity (Wildman–Crippen MR) is 127 cm³/mol. The molecule has 0 spiro atoms. The van der Waals surface area contributed by atoms with E-state index in [1.807, 2.05) is 52.0 Å². The van der Waals surface area contributed by atoms with Crippen molar-refractivity contribution in [3.8, 4) is 5.75 Å². The van der Waals surface area contributed by atoms with Crippen LogP contribution in [0.4, 0.5) is 5.69 Å². The Balaban J connectivity index is 1.86. The Labute approximate surface area is 194 Å². The van der Waals surface area contributed by atoms with Crippen LogP contribution < -0.4 is 10.1 Å². The van der Waals surface area contributed by atoms with Crippen LogP contribution in [-0.4, -0.2) is 42.1 Å². The standard InChI is InChI=1S/C25H29ClN2O4/c1-16(2)31-15-5-14-28-24(29)22(18-6-8-19(26)9-7-18)23(25(28)30)27-20-10-12-21(13-11-20)32-17(3)4/h6-13,16-17,27H,5,14-15H2,1-4H3. The second-order valence-electron chi connectivity index (χ2n) is 8.11. The number of carbonyl (C=O) groups excluding carboxylic acids is 2. The number of benzene rings is 2. The average molecular weight is 457 g/mol. The van der Waals surface area contributed by atoms with E-state index in [2.05, 4.69) is 5.32 Å². The van der Waals surface area contributed by atoms with E-state index in [1.165, 1.54) is 4.90 Å². The molecule has 0 saturated carbocycles. The quantitative estimate of drug-likeness (QED) is 0.396. The zero-order valence-corrected chi connectivity index (χ0v) is 19.6. The Morgan fingerprint density at radius 1 is 0.906 bits per heavy atom. The Kier molecular flexibility index (Phi) is 7.94. The third-order valence-electron chi connectivity index (χ3n) is 4.77. The van der Waals surface area contributed by atoms with Gasteiger partial charge < -0.3 is 14.8 Å². The van der Waals surface area contributed by atoms with E-state index in [9.17, 15) is 9.59 Å². The summed E-state index contributed by atoms with van der Waals surface area (Å²) in [7, 11) is 0. The first-order valence-electron chi connectivity index (χ1n) is 10.8. The lowest BCUT2D eigenvalue weighted by Crippen LogP contribution is -2.34. The lowest BCUT2D eigenvalue weighted by Gasteiger charge is -2.16. The van der Waals surface area contributed by atoms with E-state index in [0.29, 0.717) is 34.9 Å². The monoisotopic (exact) mass is 456 g/mol. The third-order valence-corrected chi connectivity index (χ3v) is 5.03. The molecule has 1 N–H and O–H groups in total. The molecule has 1 heterocycles. The van der Waals surface area contributed by atoms with Gasteiger partial charge in [0.2, 0.25) is 0 Å². The first-order chi connectivity index (χ1) is 15.3. The molecule has 170 valence electrons. The molecule has 2 aromatic carbocycles. The molecule has 1 aliphatic rings. The molecular formula is C25H29ClN2O4. The van der Waals surface area contributed by atoms with Crippen molar-refractivity contribution >= 4 is 34.7 Å². The van der Waals surface area contributed by atoms with Gasteiger partial charge in [-0.25, -0.2) is 0 Å². The van der Waals surface area contributed by atoms with Crippen LogP contribution in [0.2, 0.25) is 5.02 Å². The summed E-state index contributed by atoms with van der Waals surface area (Å²) in [6.45, 7) is 8.58. The third kappa shape index (κ3) is 5.90. The molecule has 3 rings (SSSR count). The summed E-state index contributed by atoms with van der Waals surface area (Å²) in [6, 6.07) is 14.2. The fourth-order valence-corrected chi connectivity index (χ4v) is 3.48. The molecule has 2 aromatic rings. The molecule has 0 fully saturated rings. The molecule has 1 aliphatic heterocycles. The first-order valence-corrected chi connectivity index (χ1v) is 11.2. The normalized spacial score (nSPS) is 14.2. The largest absolute Gasteiger partial charge is 0.491 e. The SMILES string of the molecule is CC(C)OCCCN1C(=O)C(Nc2ccc(OC(C)C)cc2)=C(c2ccc(Cl)cc2)C1=O. The topological polar surface area (TPSA) is 67.9 Å². The second-order valence-corrected chi connectivity index (χ2v) is 8.54. The number of carbonyl (C=O) groups is 2. The molecular weight excluding hydrogens is 428 g/mol. The molecule has 0 atom stereocenters. The van der Waals surface area contributed by atoms with Crippen molar-refractivity contribution in [2.75, 3.05) is 18.5 Å². The van der Waals surface area contributed by atoms with Gasteiger partial charge in [-0.15, -0.1) is 0 Å². The summed E-state index contributed by atoms with van der Waals surface area (Å²) >= 11 is 6.02. The number of ether oxygens (including phenoxy) is 2. The molecule has 0 saturated heterocycles. The van der Waals surface area contributed by atoms with Gasteiger partial charge in [0, 0.05) is 23.9 Å². The summed E-state index contributed by atoms with van der Waals surface area (Å²) < 4.78 is 11.2. The van der Waals surface area contributed by atoms with Gasteiger partial charge >= 0.3 is 0 Å². The van der Waals surface area contributed by atoms with Crippen LogP contribution in [0.25, 0.3) is 5.57 Å². The molecule has 0 aromatic heterocycles. The molecule has 0 radical (unpaired) electrons. The number of nitrogens with one attached hydrogen (secondary N) is 1. The summed E-state index contributed by atoms with van der Waals surface area (Å²) in [5, 5.41) is 3.71. The van der Waals surface area contributed by atoms with Gasteiger partial charge in [-0.1, -0.05) is 23.7 Å². The fraction of sp³-hybridized carbons (Fsp3) is 0.360. The maximum Gasteiger partial charge on any atom is 0.278 e. The smallest absolute Gasteiger partial charge is 0.278 e. The Morgan fingerprint density at radius 2 is 1.56 bits per heavy atom. The van der Waals surface area contributed by atoms with E-state index in [-0.39, 0.29) is 36.3 Å². The van der Waals surface area contributed by atoms with Gasteiger partial charge in [0.15, 0.2) is 0 Å². The summed E-state index contributed by atoms with van der Waals surface area (Å²) in [6.07, 6.45) is 0.732. The lowest BCUT2D eigenvalue weighted by molar-refractivity contribution is -0.137. The van der Waals surface area contributed by atoms with Crippen molar-refractivity contribution in [2.24, 2.45) is 0 Å². The number of anilines is 1. The fourth-order valence-electron chi connectivity index (χ4n) is 3.35. The Bertz CT molecular complexity index is 982. The van der Waals surface area contributed by atoms with Crippen LogP contribution in [0, 0.1) is 0 Å². The van der Waals surface area contributed by atoms with Crippen LogP contribution in [0.3, 0.4) is 0 Å². The molecule has 6 nitrogen and oxygen atoms in total. The zero-order chi connectivity index (χ0) is 23.3. The van der Waals surface area contributed by atoms with Crippen LogP contribution in [-0.2, 0) is 14.3 Å². The van der Waals surface area contributed by atoms with Crippen LogP contribution in [0.5, 0.6) is 5.75 Å². The van der Waals surface area contributed by atoms with Crippen molar-refractivity contribution in [1.82, 2.24) is 4.90 Å². The van der Waals surface area contributed by atoms with Gasteiger partial charge in [0.05, 0.1) is 17.8 Å². The molecule has 2 amide bonds. The number of rotatable bonds is 10. The van der Waals surface area contributed by atoms with E-state index < -0.39 is 0 Å². The van der Waals surface area contributed by atoms with Crippen molar-refractivity contribution in [3.05, 3.63) is 64.8 Å². The Morgan fingerprint density at radius 3 is 2.16 bits per heavy atom. The maximum absolute atomic E-state index is 13.2. The number of amides is 2. The van der Waals surface area contributed by atoms with E-state index >= 15 is 0 Å². The zero-order valence-electron chi connectivity index (χ0n) is 18.9. The highest BCUT2D eigenvalue weighted by Crippen LogP contribution is 2.31. The first kappa shape index (κ1) is 23.8. The number of hydrogen-bond acceptors (Lipinski definition) is 5. The molecule has 0 unspecified atom stereocenters. The van der Waals surface area contributed by atoms with Crippen LogP contribution in [0.15, 0.2) is 54.2 Å². The molecule has 7 heteroatoms. The van der Waals surface area contributed by atoms with Crippen molar-refractivity contribution < 1.29 is 19.1 Å². The predicted octanol–water partition coefficient (Wildman–Crippen LogP) is 5.13. The van der Waals surface area contributed by atoms with Gasteiger partial charge in [-0.05, 0) is 76.1 Å². The Hall–Kier alpha value is -2.83. The van der Waals surface area contributed by atoms with Crippen molar-refractivity contribution in [2.45, 2.75) is 46.3 Å². The van der Waals surface area contributed by atoms with E-state index in [0.717, 1.165) is 5.75 Å². The van der Waals surface area contributed by atoms with E-state index in [4.69, 9.17) is 21.1 Å². The summed E-state index contributed by atoms with van der Waals surface area (Å²) in [5.41, 5.74) is 1.91. The van der Waals surface area contributed by atoms with Gasteiger partial charge in [0.1, 0.15) is 11.4 Å². The van der Waals surface area contributed by atoms with Gasteiger partial charge in [0.25, 0.3) is 11.8 Å². The van der Waals surface area contributed by atoms with Crippen molar-refractivity contribution in [3.63, 3.8) is 0 Å². The second kappa shape index (κ2) is 10.7. The van der Waals surface area contributed by atoms with Crippen molar-refractivity contribution in [1.29, 1.82) is 0 Å².